The zero-order chi connectivity index (χ0) is 34.9. The van der Waals surface area contributed by atoms with Crippen LogP contribution in [0.1, 0.15) is 0 Å². The summed E-state index contributed by atoms with van der Waals surface area (Å²) >= 11 is 0. The molecule has 53 heavy (non-hydrogen) atoms. The molecule has 0 fully saturated rings. The third kappa shape index (κ3) is 4.68. The van der Waals surface area contributed by atoms with Crippen molar-refractivity contribution in [2.75, 3.05) is 4.90 Å². The molecule has 0 aliphatic rings. The fourth-order valence-electron chi connectivity index (χ4n) is 8.33. The molecule has 0 saturated carbocycles. The fraction of sp³-hybridized carbons (Fsp3) is 0. The van der Waals surface area contributed by atoms with Crippen LogP contribution in [0, 0.1) is 0 Å². The second-order valence-corrected chi connectivity index (χ2v) is 13.7. The van der Waals surface area contributed by atoms with Crippen LogP contribution in [-0.2, 0) is 0 Å². The highest BCUT2D eigenvalue weighted by Gasteiger charge is 2.21. The first kappa shape index (κ1) is 29.6. The Morgan fingerprint density at radius 2 is 1.00 bits per heavy atom. The van der Waals surface area contributed by atoms with E-state index in [1.807, 2.05) is 0 Å². The van der Waals surface area contributed by atoms with Gasteiger partial charge in [-0.3, -0.25) is 0 Å². The molecule has 0 unspecified atom stereocenters. The lowest BCUT2D eigenvalue weighted by Crippen LogP contribution is -2.11. The van der Waals surface area contributed by atoms with Crippen LogP contribution in [0.4, 0.5) is 17.1 Å². The molecule has 3 nitrogen and oxygen atoms in total. The van der Waals surface area contributed by atoms with Crippen molar-refractivity contribution in [1.82, 2.24) is 4.57 Å². The largest absolute Gasteiger partial charge is 0.456 e. The Kier molecular flexibility index (Phi) is 6.55. The van der Waals surface area contributed by atoms with E-state index in [1.54, 1.807) is 0 Å². The van der Waals surface area contributed by atoms with Crippen molar-refractivity contribution in [2.24, 2.45) is 0 Å². The minimum Gasteiger partial charge on any atom is -0.456 e. The zero-order valence-corrected chi connectivity index (χ0v) is 28.8. The van der Waals surface area contributed by atoms with Gasteiger partial charge in [0, 0.05) is 44.0 Å². The van der Waals surface area contributed by atoms with Gasteiger partial charge in [-0.05, 0) is 100 Å². The van der Waals surface area contributed by atoms with Gasteiger partial charge in [-0.2, -0.15) is 0 Å². The highest BCUT2D eigenvalue weighted by Crippen LogP contribution is 2.45. The van der Waals surface area contributed by atoms with Crippen molar-refractivity contribution in [3.05, 3.63) is 194 Å². The van der Waals surface area contributed by atoms with E-state index >= 15 is 0 Å². The Balaban J connectivity index is 1.22. The molecule has 0 amide bonds. The third-order valence-corrected chi connectivity index (χ3v) is 10.7. The number of furan rings is 1. The standard InChI is InChI=1S/C50H32N2O/c1-3-13-33(14-4-1)36-29-35-16-8-9-19-40(35)47(30-36)51(39-25-28-48-44(32-39)50-41-20-10-7-15-34(41)23-27-49(50)53-48)38-24-26-46-43(31-38)42-21-11-12-22-45(42)52(46)37-17-5-2-6-18-37/h1-32H. The monoisotopic (exact) mass is 676 g/mol. The van der Waals surface area contributed by atoms with Gasteiger partial charge in [-0.15, -0.1) is 0 Å². The Morgan fingerprint density at radius 1 is 0.377 bits per heavy atom. The topological polar surface area (TPSA) is 21.3 Å². The molecule has 11 aromatic rings. The number of para-hydroxylation sites is 2. The molecule has 0 saturated heterocycles. The van der Waals surface area contributed by atoms with Crippen molar-refractivity contribution in [3.63, 3.8) is 0 Å². The van der Waals surface area contributed by atoms with Gasteiger partial charge in [0.1, 0.15) is 11.2 Å². The summed E-state index contributed by atoms with van der Waals surface area (Å²) in [4.78, 5) is 2.44. The van der Waals surface area contributed by atoms with Gasteiger partial charge in [0.15, 0.2) is 0 Å². The van der Waals surface area contributed by atoms with Crippen LogP contribution in [0.2, 0.25) is 0 Å². The third-order valence-electron chi connectivity index (χ3n) is 10.7. The predicted molar refractivity (Wildman–Crippen MR) is 223 cm³/mol. The molecule has 2 aromatic heterocycles. The molecule has 0 aliphatic heterocycles. The Labute approximate surface area is 306 Å². The first-order chi connectivity index (χ1) is 26.3. The average Bonchev–Trinajstić information content (AvgIpc) is 3.77. The van der Waals surface area contributed by atoms with Gasteiger partial charge in [-0.25, -0.2) is 0 Å². The number of benzene rings is 9. The van der Waals surface area contributed by atoms with Crippen LogP contribution >= 0.6 is 0 Å². The molecular weight excluding hydrogens is 645 g/mol. The Bertz CT molecular complexity index is 3170. The SMILES string of the molecule is c1ccc(-c2cc(N(c3ccc4oc5ccc6ccccc6c5c4c3)c3ccc4c(c3)c3ccccc3n4-c3ccccc3)c3ccccc3c2)cc1. The molecule has 0 bridgehead atoms. The predicted octanol–water partition coefficient (Wildman–Crippen LogP) is 14.1. The van der Waals surface area contributed by atoms with Gasteiger partial charge in [0.05, 0.1) is 16.7 Å². The number of hydrogen-bond donors (Lipinski definition) is 0. The Morgan fingerprint density at radius 3 is 1.83 bits per heavy atom. The quantitative estimate of drug-likeness (QED) is 0.181. The van der Waals surface area contributed by atoms with Crippen LogP contribution in [0.25, 0.3) is 82.1 Å². The van der Waals surface area contributed by atoms with Gasteiger partial charge >= 0.3 is 0 Å². The van der Waals surface area contributed by atoms with Crippen molar-refractivity contribution < 1.29 is 4.42 Å². The number of anilines is 3. The highest BCUT2D eigenvalue weighted by atomic mass is 16.3. The summed E-state index contributed by atoms with van der Waals surface area (Å²) in [6.45, 7) is 0. The summed E-state index contributed by atoms with van der Waals surface area (Å²) in [6.07, 6.45) is 0. The number of aromatic nitrogens is 1. The molecule has 3 heteroatoms. The number of hydrogen-bond acceptors (Lipinski definition) is 2. The molecule has 11 rings (SSSR count). The molecule has 0 radical (unpaired) electrons. The van der Waals surface area contributed by atoms with Crippen LogP contribution in [0.5, 0.6) is 0 Å². The van der Waals surface area contributed by atoms with E-state index in [9.17, 15) is 0 Å². The van der Waals surface area contributed by atoms with Gasteiger partial charge in [0.2, 0.25) is 0 Å². The lowest BCUT2D eigenvalue weighted by atomic mass is 9.98. The molecular formula is C50H32N2O. The second-order valence-electron chi connectivity index (χ2n) is 13.7. The molecule has 0 N–H and O–H groups in total. The maximum Gasteiger partial charge on any atom is 0.136 e. The summed E-state index contributed by atoms with van der Waals surface area (Å²) in [6, 6.07) is 69.9. The number of fused-ring (bicyclic) bond motifs is 9. The van der Waals surface area contributed by atoms with E-state index in [0.29, 0.717) is 0 Å². The van der Waals surface area contributed by atoms with E-state index in [4.69, 9.17) is 4.42 Å². The van der Waals surface area contributed by atoms with Crippen molar-refractivity contribution in [2.45, 2.75) is 0 Å². The first-order valence-electron chi connectivity index (χ1n) is 18.1. The van der Waals surface area contributed by atoms with Crippen LogP contribution in [0.15, 0.2) is 199 Å². The van der Waals surface area contributed by atoms with Gasteiger partial charge in [0.25, 0.3) is 0 Å². The summed E-state index contributed by atoms with van der Waals surface area (Å²) in [5.41, 5.74) is 10.9. The van der Waals surface area contributed by atoms with E-state index in [0.717, 1.165) is 44.7 Å². The lowest BCUT2D eigenvalue weighted by Gasteiger charge is -2.28. The first-order valence-corrected chi connectivity index (χ1v) is 18.1. The fourth-order valence-corrected chi connectivity index (χ4v) is 8.33. The smallest absolute Gasteiger partial charge is 0.136 e. The van der Waals surface area contributed by atoms with Crippen molar-refractivity contribution in [3.8, 4) is 16.8 Å². The van der Waals surface area contributed by atoms with Gasteiger partial charge in [-0.1, -0.05) is 121 Å². The molecule has 2 heterocycles. The maximum atomic E-state index is 6.48. The molecule has 248 valence electrons. The van der Waals surface area contributed by atoms with Crippen molar-refractivity contribution >= 4 is 82.4 Å². The highest BCUT2D eigenvalue weighted by molar-refractivity contribution is 6.20. The van der Waals surface area contributed by atoms with E-state index < -0.39 is 0 Å². The number of rotatable bonds is 5. The normalized spacial score (nSPS) is 11.8. The van der Waals surface area contributed by atoms with Crippen LogP contribution < -0.4 is 4.90 Å². The molecule has 0 aliphatic carbocycles. The van der Waals surface area contributed by atoms with E-state index in [1.165, 1.54) is 54.5 Å². The molecule has 0 spiro atoms. The van der Waals surface area contributed by atoms with Crippen molar-refractivity contribution in [1.29, 1.82) is 0 Å². The van der Waals surface area contributed by atoms with Crippen LogP contribution in [0.3, 0.4) is 0 Å². The summed E-state index contributed by atoms with van der Waals surface area (Å²) in [5, 5.41) is 9.44. The zero-order valence-electron chi connectivity index (χ0n) is 28.8. The average molecular weight is 677 g/mol. The molecule has 9 aromatic carbocycles. The summed E-state index contributed by atoms with van der Waals surface area (Å²) < 4.78 is 8.86. The maximum absolute atomic E-state index is 6.48. The molecule has 0 atom stereocenters. The Hall–Kier alpha value is -7.10. The second kappa shape index (κ2) is 11.7. The lowest BCUT2D eigenvalue weighted by molar-refractivity contribution is 0.669. The minimum atomic E-state index is 0.879. The van der Waals surface area contributed by atoms with E-state index in [-0.39, 0.29) is 0 Å². The van der Waals surface area contributed by atoms with Crippen LogP contribution in [-0.4, -0.2) is 4.57 Å². The summed E-state index contributed by atoms with van der Waals surface area (Å²) in [5.74, 6) is 0. The minimum absolute atomic E-state index is 0.879. The van der Waals surface area contributed by atoms with Gasteiger partial charge < -0.3 is 13.9 Å². The summed E-state index contributed by atoms with van der Waals surface area (Å²) in [7, 11) is 0. The van der Waals surface area contributed by atoms with E-state index in [2.05, 4.69) is 204 Å². The number of nitrogens with zero attached hydrogens (tertiary/aromatic N) is 2.